The van der Waals surface area contributed by atoms with Crippen molar-refractivity contribution in [1.82, 2.24) is 0 Å². The van der Waals surface area contributed by atoms with E-state index in [0.717, 1.165) is 0 Å². The summed E-state index contributed by atoms with van der Waals surface area (Å²) in [6.45, 7) is 4.58. The highest BCUT2D eigenvalue weighted by atomic mass is 79.9. The van der Waals surface area contributed by atoms with Gasteiger partial charge in [0.1, 0.15) is 0 Å². The Hall–Kier alpha value is -1.79. The lowest BCUT2D eigenvalue weighted by molar-refractivity contribution is -0.137. The molecule has 3 rings (SSSR count). The number of carbonyl (C=O) groups is 2. The van der Waals surface area contributed by atoms with Gasteiger partial charge in [-0.25, -0.2) is 8.42 Å². The number of amidine groups is 1. The van der Waals surface area contributed by atoms with Crippen molar-refractivity contribution >= 4 is 60.3 Å². The van der Waals surface area contributed by atoms with E-state index in [4.69, 9.17) is 14.6 Å². The number of carboxylic acid groups (broad SMARTS) is 1. The molecule has 0 bridgehead atoms. The zero-order valence-electron chi connectivity index (χ0n) is 17.7. The number of ether oxygens (including phenoxy) is 2. The summed E-state index contributed by atoms with van der Waals surface area (Å²) in [7, 11) is -3.21. The van der Waals surface area contributed by atoms with Gasteiger partial charge in [0.05, 0.1) is 36.4 Å². The molecule has 0 spiro atoms. The molecule has 1 aromatic rings. The lowest BCUT2D eigenvalue weighted by Crippen LogP contribution is -2.38. The Morgan fingerprint density at radius 2 is 1.84 bits per heavy atom. The molecule has 1 aromatic carbocycles. The largest absolute Gasteiger partial charge is 0.490 e. The van der Waals surface area contributed by atoms with Gasteiger partial charge in [0, 0.05) is 34.7 Å². The van der Waals surface area contributed by atoms with Crippen LogP contribution in [-0.2, 0) is 19.4 Å². The van der Waals surface area contributed by atoms with Crippen LogP contribution in [0, 0.1) is 0 Å². The van der Waals surface area contributed by atoms with Gasteiger partial charge in [-0.15, -0.1) is 0 Å². The minimum Gasteiger partial charge on any atom is -0.490 e. The van der Waals surface area contributed by atoms with Gasteiger partial charge in [0.15, 0.2) is 26.5 Å². The Balaban J connectivity index is 1.98. The van der Waals surface area contributed by atoms with Crippen molar-refractivity contribution in [2.24, 2.45) is 4.99 Å². The summed E-state index contributed by atoms with van der Waals surface area (Å²) in [6.07, 6.45) is 0.0870. The monoisotopic (exact) mass is 548 g/mol. The molecule has 2 fully saturated rings. The molecule has 1 amide bonds. The molecule has 1 N–H and O–H groups in total. The van der Waals surface area contributed by atoms with Gasteiger partial charge in [0.2, 0.25) is 5.91 Å². The van der Waals surface area contributed by atoms with E-state index in [1.807, 2.05) is 13.8 Å². The van der Waals surface area contributed by atoms with Crippen LogP contribution in [0.5, 0.6) is 11.5 Å². The van der Waals surface area contributed by atoms with Crippen molar-refractivity contribution in [2.75, 3.05) is 29.6 Å². The number of benzene rings is 1. The number of carboxylic acids is 1. The number of hydrogen-bond donors (Lipinski definition) is 1. The Kier molecular flexibility index (Phi) is 8.10. The number of amides is 1. The molecule has 32 heavy (non-hydrogen) atoms. The quantitative estimate of drug-likeness (QED) is 0.495. The lowest BCUT2D eigenvalue weighted by atomic mass is 10.2. The Morgan fingerprint density at radius 3 is 2.47 bits per heavy atom. The fourth-order valence-corrected chi connectivity index (χ4v) is 8.08. The van der Waals surface area contributed by atoms with E-state index in [1.54, 1.807) is 17.0 Å². The summed E-state index contributed by atoms with van der Waals surface area (Å²) < 4.78 is 36.6. The van der Waals surface area contributed by atoms with Crippen LogP contribution in [0.15, 0.2) is 21.6 Å². The SMILES string of the molecule is CCOc1cc(Br)c(N2C(=NC(=O)CCCC(=O)O)SC3CS(=O)(=O)CC32)cc1OCC. The van der Waals surface area contributed by atoms with Gasteiger partial charge in [-0.05, 0) is 36.2 Å². The molecule has 2 aliphatic heterocycles. The van der Waals surface area contributed by atoms with Crippen LogP contribution < -0.4 is 14.4 Å². The fraction of sp³-hybridized carbons (Fsp3) is 0.550. The number of aliphatic carboxylic acids is 1. The number of nitrogens with zero attached hydrogens (tertiary/aromatic N) is 2. The molecule has 2 unspecified atom stereocenters. The van der Waals surface area contributed by atoms with E-state index in [0.29, 0.717) is 40.0 Å². The Morgan fingerprint density at radius 1 is 1.19 bits per heavy atom. The van der Waals surface area contributed by atoms with Crippen molar-refractivity contribution in [1.29, 1.82) is 0 Å². The van der Waals surface area contributed by atoms with Crippen LogP contribution in [-0.4, -0.2) is 66.6 Å². The minimum atomic E-state index is -3.21. The summed E-state index contributed by atoms with van der Waals surface area (Å²) in [5.41, 5.74) is 0.631. The average Bonchev–Trinajstić information content (AvgIpc) is 3.15. The van der Waals surface area contributed by atoms with Crippen LogP contribution in [0.2, 0.25) is 0 Å². The molecule has 0 saturated carbocycles. The second-order valence-corrected chi connectivity index (χ2v) is 11.5. The van der Waals surface area contributed by atoms with E-state index in [-0.39, 0.29) is 42.1 Å². The first-order valence-corrected chi connectivity index (χ1v) is 13.7. The first kappa shape index (κ1) is 24.8. The first-order chi connectivity index (χ1) is 15.1. The van der Waals surface area contributed by atoms with Crippen molar-refractivity contribution in [3.63, 3.8) is 0 Å². The van der Waals surface area contributed by atoms with Crippen molar-refractivity contribution < 1.29 is 32.6 Å². The van der Waals surface area contributed by atoms with Crippen LogP contribution in [0.1, 0.15) is 33.1 Å². The molecular weight excluding hydrogens is 524 g/mol. The maximum Gasteiger partial charge on any atom is 0.303 e. The van der Waals surface area contributed by atoms with E-state index in [2.05, 4.69) is 20.9 Å². The van der Waals surface area contributed by atoms with Crippen LogP contribution in [0.25, 0.3) is 0 Å². The third-order valence-electron chi connectivity index (χ3n) is 4.94. The summed E-state index contributed by atoms with van der Waals surface area (Å²) in [5, 5.41) is 8.93. The van der Waals surface area contributed by atoms with E-state index < -0.39 is 21.7 Å². The maximum absolute atomic E-state index is 12.4. The van der Waals surface area contributed by atoms with Crippen molar-refractivity contribution in [3.05, 3.63) is 16.6 Å². The normalized spacial score (nSPS) is 22.7. The maximum atomic E-state index is 12.4. The summed E-state index contributed by atoms with van der Waals surface area (Å²) in [5.74, 6) is -0.374. The summed E-state index contributed by atoms with van der Waals surface area (Å²) in [4.78, 5) is 29.1. The first-order valence-electron chi connectivity index (χ1n) is 10.2. The molecule has 12 heteroatoms. The average molecular weight is 549 g/mol. The highest BCUT2D eigenvalue weighted by Crippen LogP contribution is 2.46. The number of hydrogen-bond acceptors (Lipinski definition) is 7. The van der Waals surface area contributed by atoms with Crippen molar-refractivity contribution in [2.45, 2.75) is 44.4 Å². The fourth-order valence-electron chi connectivity index (χ4n) is 3.65. The third kappa shape index (κ3) is 5.76. The molecular formula is C20H25BrN2O7S2. The third-order valence-corrected chi connectivity index (χ3v) is 8.79. The van der Waals surface area contributed by atoms with E-state index in [9.17, 15) is 18.0 Å². The zero-order chi connectivity index (χ0) is 23.5. The number of sulfone groups is 1. The van der Waals surface area contributed by atoms with Crippen molar-refractivity contribution in [3.8, 4) is 11.5 Å². The molecule has 2 saturated heterocycles. The second-order valence-electron chi connectivity index (χ2n) is 7.32. The highest BCUT2D eigenvalue weighted by Gasteiger charge is 2.50. The van der Waals surface area contributed by atoms with Gasteiger partial charge in [0.25, 0.3) is 0 Å². The van der Waals surface area contributed by atoms with Crippen LogP contribution >= 0.6 is 27.7 Å². The number of halogens is 1. The Bertz CT molecular complexity index is 1030. The van der Waals surface area contributed by atoms with Gasteiger partial charge in [-0.2, -0.15) is 4.99 Å². The van der Waals surface area contributed by atoms with Gasteiger partial charge in [-0.1, -0.05) is 11.8 Å². The number of anilines is 1. The topological polar surface area (TPSA) is 123 Å². The molecule has 0 aromatic heterocycles. The molecule has 2 atom stereocenters. The van der Waals surface area contributed by atoms with E-state index in [1.165, 1.54) is 11.8 Å². The number of fused-ring (bicyclic) bond motifs is 1. The van der Waals surface area contributed by atoms with Crippen LogP contribution in [0.3, 0.4) is 0 Å². The highest BCUT2D eigenvalue weighted by molar-refractivity contribution is 9.10. The second kappa shape index (κ2) is 10.4. The number of thioether (sulfide) groups is 1. The molecule has 9 nitrogen and oxygen atoms in total. The summed E-state index contributed by atoms with van der Waals surface area (Å²) in [6, 6.07) is 3.15. The predicted octanol–water partition coefficient (Wildman–Crippen LogP) is 3.10. The molecule has 2 heterocycles. The molecule has 0 aliphatic carbocycles. The standard InChI is InChI=1S/C20H25BrN2O7S2/c1-3-29-15-8-12(21)13(9-16(15)30-4-2)23-14-10-32(27,28)11-17(14)31-20(23)22-18(24)6-5-7-19(25)26/h8-9,14,17H,3-7,10-11H2,1-2H3,(H,25,26). The van der Waals surface area contributed by atoms with Crippen LogP contribution in [0.4, 0.5) is 5.69 Å². The number of carbonyl (C=O) groups excluding carboxylic acids is 1. The lowest BCUT2D eigenvalue weighted by Gasteiger charge is -2.27. The number of rotatable bonds is 9. The smallest absolute Gasteiger partial charge is 0.303 e. The predicted molar refractivity (Wildman–Crippen MR) is 127 cm³/mol. The van der Waals surface area contributed by atoms with Gasteiger partial charge >= 0.3 is 5.97 Å². The summed E-state index contributed by atoms with van der Waals surface area (Å²) >= 11 is 4.81. The van der Waals surface area contributed by atoms with E-state index >= 15 is 0 Å². The van der Waals surface area contributed by atoms with Gasteiger partial charge < -0.3 is 19.5 Å². The molecule has 176 valence electrons. The minimum absolute atomic E-state index is 0.00642. The zero-order valence-corrected chi connectivity index (χ0v) is 21.0. The Labute approximate surface area is 199 Å². The van der Waals surface area contributed by atoms with Gasteiger partial charge in [-0.3, -0.25) is 9.59 Å². The number of aliphatic imine (C=N–C) groups is 1. The molecule has 2 aliphatic rings. The molecule has 0 radical (unpaired) electrons.